The van der Waals surface area contributed by atoms with Gasteiger partial charge in [0.2, 0.25) is 11.1 Å². The van der Waals surface area contributed by atoms with Crippen molar-refractivity contribution in [3.63, 3.8) is 0 Å². The first kappa shape index (κ1) is 20.5. The molecule has 1 aliphatic carbocycles. The van der Waals surface area contributed by atoms with Gasteiger partial charge in [-0.1, -0.05) is 24.2 Å². The normalized spacial score (nSPS) is 13.3. The van der Waals surface area contributed by atoms with Gasteiger partial charge in [0.05, 0.1) is 11.3 Å². The average Bonchev–Trinajstić information content (AvgIpc) is 3.25. The summed E-state index contributed by atoms with van der Waals surface area (Å²) in [6, 6.07) is 8.27. The third-order valence-corrected chi connectivity index (χ3v) is 6.97. The minimum absolute atomic E-state index is 0.153. The molecule has 3 aromatic rings. The van der Waals surface area contributed by atoms with E-state index in [1.807, 2.05) is 0 Å². The number of hydrogen-bond donors (Lipinski definition) is 1. The van der Waals surface area contributed by atoms with E-state index in [4.69, 9.17) is 0 Å². The van der Waals surface area contributed by atoms with Crippen LogP contribution < -0.4 is 5.32 Å². The summed E-state index contributed by atoms with van der Waals surface area (Å²) in [4.78, 5) is 13.7. The summed E-state index contributed by atoms with van der Waals surface area (Å²) >= 11 is 2.84. The van der Waals surface area contributed by atoms with Crippen LogP contribution in [0.25, 0.3) is 5.69 Å². The Hall–Kier alpha value is -2.77. The second-order valence-electron chi connectivity index (χ2n) is 6.88. The SMILES string of the molecule is N#Cc1c(NC(=O)CCSc2nnnn2-c2cccc(F)c2)sc2c1CCCCC2. The van der Waals surface area contributed by atoms with Crippen LogP contribution in [0.15, 0.2) is 29.4 Å². The maximum Gasteiger partial charge on any atom is 0.225 e. The highest BCUT2D eigenvalue weighted by molar-refractivity contribution is 7.99. The summed E-state index contributed by atoms with van der Waals surface area (Å²) in [5.41, 5.74) is 2.25. The van der Waals surface area contributed by atoms with E-state index < -0.39 is 0 Å². The van der Waals surface area contributed by atoms with Crippen LogP contribution in [-0.2, 0) is 17.6 Å². The van der Waals surface area contributed by atoms with Crippen LogP contribution in [0.5, 0.6) is 0 Å². The number of thiophene rings is 1. The molecule has 0 unspecified atom stereocenters. The zero-order valence-corrected chi connectivity index (χ0v) is 17.7. The van der Waals surface area contributed by atoms with E-state index in [1.165, 1.54) is 51.2 Å². The molecule has 1 aliphatic rings. The van der Waals surface area contributed by atoms with Crippen molar-refractivity contribution < 1.29 is 9.18 Å². The molecule has 0 bridgehead atoms. The fourth-order valence-electron chi connectivity index (χ4n) is 3.41. The molecule has 0 radical (unpaired) electrons. The van der Waals surface area contributed by atoms with Gasteiger partial charge in [0, 0.05) is 17.1 Å². The lowest BCUT2D eigenvalue weighted by atomic mass is 10.1. The first-order valence-electron chi connectivity index (χ1n) is 9.67. The lowest BCUT2D eigenvalue weighted by molar-refractivity contribution is -0.115. The van der Waals surface area contributed by atoms with Gasteiger partial charge >= 0.3 is 0 Å². The van der Waals surface area contributed by atoms with E-state index in [9.17, 15) is 14.4 Å². The van der Waals surface area contributed by atoms with Gasteiger partial charge in [-0.15, -0.1) is 16.4 Å². The van der Waals surface area contributed by atoms with Gasteiger partial charge in [-0.25, -0.2) is 4.39 Å². The minimum atomic E-state index is -0.374. The van der Waals surface area contributed by atoms with Crippen molar-refractivity contribution in [2.75, 3.05) is 11.1 Å². The molecule has 1 amide bonds. The van der Waals surface area contributed by atoms with Gasteiger partial charge in [0.15, 0.2) is 0 Å². The molecule has 10 heteroatoms. The zero-order chi connectivity index (χ0) is 20.9. The number of benzene rings is 1. The van der Waals surface area contributed by atoms with Crippen LogP contribution in [0.2, 0.25) is 0 Å². The highest BCUT2D eigenvalue weighted by atomic mass is 32.2. The Labute approximate surface area is 181 Å². The summed E-state index contributed by atoms with van der Waals surface area (Å²) in [6.45, 7) is 0. The number of anilines is 1. The number of nitrogens with zero attached hydrogens (tertiary/aromatic N) is 5. The molecule has 4 rings (SSSR count). The third-order valence-electron chi connectivity index (χ3n) is 4.84. The highest BCUT2D eigenvalue weighted by Crippen LogP contribution is 2.37. The Bertz CT molecular complexity index is 1100. The van der Waals surface area contributed by atoms with Crippen LogP contribution in [-0.4, -0.2) is 31.9 Å². The maximum atomic E-state index is 13.5. The fourth-order valence-corrected chi connectivity index (χ4v) is 5.50. The molecule has 0 spiro atoms. The van der Waals surface area contributed by atoms with Gasteiger partial charge in [0.1, 0.15) is 16.9 Å². The number of carbonyl (C=O) groups excluding carboxylic acids is 1. The Morgan fingerprint density at radius 2 is 2.20 bits per heavy atom. The molecule has 0 aliphatic heterocycles. The Morgan fingerprint density at radius 1 is 1.33 bits per heavy atom. The summed E-state index contributed by atoms with van der Waals surface area (Å²) in [7, 11) is 0. The third kappa shape index (κ3) is 4.52. The van der Waals surface area contributed by atoms with Crippen molar-refractivity contribution in [3.8, 4) is 11.8 Å². The van der Waals surface area contributed by atoms with Gasteiger partial charge in [-0.05, 0) is 59.9 Å². The number of amides is 1. The molecule has 7 nitrogen and oxygen atoms in total. The summed E-state index contributed by atoms with van der Waals surface area (Å²) in [6.07, 6.45) is 5.52. The van der Waals surface area contributed by atoms with E-state index in [1.54, 1.807) is 12.1 Å². The second-order valence-corrected chi connectivity index (χ2v) is 9.05. The van der Waals surface area contributed by atoms with Crippen LogP contribution in [0, 0.1) is 17.1 Å². The number of hydrogen-bond acceptors (Lipinski definition) is 7. The van der Waals surface area contributed by atoms with E-state index in [0.717, 1.165) is 31.2 Å². The van der Waals surface area contributed by atoms with E-state index in [2.05, 4.69) is 26.9 Å². The molecule has 1 aromatic carbocycles. The number of tetrazole rings is 1. The van der Waals surface area contributed by atoms with E-state index >= 15 is 0 Å². The number of aryl methyl sites for hydroxylation is 1. The second kappa shape index (κ2) is 9.36. The summed E-state index contributed by atoms with van der Waals surface area (Å²) in [5.74, 6) is -0.0738. The standard InChI is InChI=1S/C20H19FN6OS2/c21-13-5-4-6-14(11-13)27-20(24-25-26-27)29-10-9-18(28)23-19-16(12-22)15-7-2-1-3-8-17(15)30-19/h4-6,11H,1-3,7-10H2,(H,23,28). The Kier molecular flexibility index (Phi) is 6.40. The monoisotopic (exact) mass is 442 g/mol. The molecule has 30 heavy (non-hydrogen) atoms. The number of fused-ring (bicyclic) bond motifs is 1. The molecule has 0 atom stereocenters. The highest BCUT2D eigenvalue weighted by Gasteiger charge is 2.21. The number of nitriles is 1. The van der Waals surface area contributed by atoms with Crippen LogP contribution in [0.3, 0.4) is 0 Å². The van der Waals surface area contributed by atoms with Gasteiger partial charge < -0.3 is 5.32 Å². The smallest absolute Gasteiger partial charge is 0.225 e. The number of thioether (sulfide) groups is 1. The van der Waals surface area contributed by atoms with Gasteiger partial charge in [0.25, 0.3) is 0 Å². The molecular weight excluding hydrogens is 423 g/mol. The lowest BCUT2D eigenvalue weighted by Crippen LogP contribution is -2.12. The number of nitrogens with one attached hydrogen (secondary N) is 1. The van der Waals surface area contributed by atoms with Crippen molar-refractivity contribution in [3.05, 3.63) is 46.1 Å². The molecule has 0 saturated carbocycles. The largest absolute Gasteiger partial charge is 0.317 e. The molecule has 2 aromatic heterocycles. The van der Waals surface area contributed by atoms with Crippen molar-refractivity contribution in [1.29, 1.82) is 5.26 Å². The fraction of sp³-hybridized carbons (Fsp3) is 0.350. The number of halogens is 1. The quantitative estimate of drug-likeness (QED) is 0.456. The first-order valence-corrected chi connectivity index (χ1v) is 11.5. The van der Waals surface area contributed by atoms with Crippen molar-refractivity contribution >= 4 is 34.0 Å². The van der Waals surface area contributed by atoms with Crippen LogP contribution in [0.4, 0.5) is 9.39 Å². The average molecular weight is 443 g/mol. The van der Waals surface area contributed by atoms with Crippen molar-refractivity contribution in [2.45, 2.75) is 43.7 Å². The zero-order valence-electron chi connectivity index (χ0n) is 16.1. The topological polar surface area (TPSA) is 96.5 Å². The van der Waals surface area contributed by atoms with Gasteiger partial charge in [-0.2, -0.15) is 9.94 Å². The van der Waals surface area contributed by atoms with Crippen molar-refractivity contribution in [1.82, 2.24) is 20.2 Å². The molecule has 0 fully saturated rings. The number of carbonyl (C=O) groups is 1. The number of aromatic nitrogens is 4. The van der Waals surface area contributed by atoms with E-state index in [0.29, 0.717) is 27.2 Å². The van der Waals surface area contributed by atoms with Crippen LogP contribution in [0.1, 0.15) is 41.7 Å². The maximum absolute atomic E-state index is 13.5. The Balaban J connectivity index is 1.37. The van der Waals surface area contributed by atoms with Crippen molar-refractivity contribution in [2.24, 2.45) is 0 Å². The molecule has 154 valence electrons. The number of rotatable bonds is 6. The summed E-state index contributed by atoms with van der Waals surface area (Å²) < 4.78 is 14.9. The molecule has 1 N–H and O–H groups in total. The molecule has 0 saturated heterocycles. The van der Waals surface area contributed by atoms with Crippen LogP contribution >= 0.6 is 23.1 Å². The predicted molar refractivity (Wildman–Crippen MR) is 113 cm³/mol. The summed E-state index contributed by atoms with van der Waals surface area (Å²) in [5, 5.41) is 25.1. The first-order chi connectivity index (χ1) is 14.7. The molecular formula is C20H19FN6OS2. The van der Waals surface area contributed by atoms with E-state index in [-0.39, 0.29) is 18.1 Å². The predicted octanol–water partition coefficient (Wildman–Crippen LogP) is 4.12. The van der Waals surface area contributed by atoms with Gasteiger partial charge in [-0.3, -0.25) is 4.79 Å². The Morgan fingerprint density at radius 3 is 3.03 bits per heavy atom. The minimum Gasteiger partial charge on any atom is -0.317 e. The molecule has 2 heterocycles. The lowest BCUT2D eigenvalue weighted by Gasteiger charge is -2.05.